The van der Waals surface area contributed by atoms with E-state index in [1.165, 1.54) is 0 Å². The number of aryl methyl sites for hydroxylation is 2. The van der Waals surface area contributed by atoms with Gasteiger partial charge in [0.2, 0.25) is 0 Å². The Bertz CT molecular complexity index is 1010. The van der Waals surface area contributed by atoms with Crippen molar-refractivity contribution in [2.45, 2.75) is 33.4 Å². The number of aromatic nitrogens is 6. The first-order valence-electron chi connectivity index (χ1n) is 8.39. The highest BCUT2D eigenvalue weighted by Crippen LogP contribution is 2.32. The van der Waals surface area contributed by atoms with Gasteiger partial charge in [0, 0.05) is 35.0 Å². The highest BCUT2D eigenvalue weighted by atomic mass is 79.9. The molecule has 1 aromatic carbocycles. The average Bonchev–Trinajstić information content (AvgIpc) is 3.35. The van der Waals surface area contributed by atoms with Gasteiger partial charge in [-0.15, -0.1) is 0 Å². The number of imidazole rings is 1. The molecular weight excluding hydrogens is 380 g/mol. The maximum atomic E-state index is 4.87. The minimum absolute atomic E-state index is 0.648. The molecule has 0 N–H and O–H groups in total. The van der Waals surface area contributed by atoms with Crippen LogP contribution in [0.4, 0.5) is 0 Å². The summed E-state index contributed by atoms with van der Waals surface area (Å²) in [4.78, 5) is 4.18. The molecule has 0 saturated carbocycles. The first-order chi connectivity index (χ1) is 12.2. The number of halogens is 1. The van der Waals surface area contributed by atoms with Crippen molar-refractivity contribution in [3.05, 3.63) is 59.0 Å². The van der Waals surface area contributed by atoms with Gasteiger partial charge < -0.3 is 4.57 Å². The van der Waals surface area contributed by atoms with Gasteiger partial charge >= 0.3 is 0 Å². The molecular formula is C18H19BrN6. The van der Waals surface area contributed by atoms with Crippen LogP contribution in [0.3, 0.4) is 0 Å². The van der Waals surface area contributed by atoms with Gasteiger partial charge in [0.15, 0.2) is 0 Å². The van der Waals surface area contributed by atoms with Gasteiger partial charge in [0.25, 0.3) is 0 Å². The second-order valence-electron chi connectivity index (χ2n) is 5.88. The SMILES string of the molecule is CCc1nn(Cc2ccn(CC)n2)c2c(Br)ccc(-n3ccnc3)c12. The van der Waals surface area contributed by atoms with Crippen LogP contribution in [-0.4, -0.2) is 29.1 Å². The Hall–Kier alpha value is -2.41. The van der Waals surface area contributed by atoms with Gasteiger partial charge in [-0.2, -0.15) is 10.2 Å². The van der Waals surface area contributed by atoms with Gasteiger partial charge in [0.1, 0.15) is 0 Å². The number of fused-ring (bicyclic) bond motifs is 1. The highest BCUT2D eigenvalue weighted by molar-refractivity contribution is 9.10. The Kier molecular flexibility index (Phi) is 4.17. The normalized spacial score (nSPS) is 11.5. The molecule has 0 unspecified atom stereocenters. The van der Waals surface area contributed by atoms with Crippen molar-refractivity contribution in [1.82, 2.24) is 29.1 Å². The van der Waals surface area contributed by atoms with Crippen LogP contribution < -0.4 is 0 Å². The highest BCUT2D eigenvalue weighted by Gasteiger charge is 2.17. The van der Waals surface area contributed by atoms with Gasteiger partial charge in [0.05, 0.1) is 35.5 Å². The summed E-state index contributed by atoms with van der Waals surface area (Å²) in [7, 11) is 0. The van der Waals surface area contributed by atoms with Crippen molar-refractivity contribution in [2.75, 3.05) is 0 Å². The quantitative estimate of drug-likeness (QED) is 0.513. The summed E-state index contributed by atoms with van der Waals surface area (Å²) in [6.45, 7) is 5.74. The van der Waals surface area contributed by atoms with Crippen molar-refractivity contribution < 1.29 is 0 Å². The van der Waals surface area contributed by atoms with E-state index in [0.29, 0.717) is 6.54 Å². The smallest absolute Gasteiger partial charge is 0.0991 e. The Morgan fingerprint density at radius 2 is 1.96 bits per heavy atom. The van der Waals surface area contributed by atoms with Crippen molar-refractivity contribution in [3.63, 3.8) is 0 Å². The van der Waals surface area contributed by atoms with Crippen LogP contribution in [0.1, 0.15) is 25.2 Å². The molecule has 4 rings (SSSR count). The molecule has 0 radical (unpaired) electrons. The minimum Gasteiger partial charge on any atom is -0.306 e. The Morgan fingerprint density at radius 3 is 2.64 bits per heavy atom. The fraction of sp³-hybridized carbons (Fsp3) is 0.278. The summed E-state index contributed by atoms with van der Waals surface area (Å²) in [6, 6.07) is 6.22. The lowest BCUT2D eigenvalue weighted by molar-refractivity contribution is 0.620. The molecule has 0 amide bonds. The zero-order valence-electron chi connectivity index (χ0n) is 14.2. The Balaban J connectivity index is 1.89. The summed E-state index contributed by atoms with van der Waals surface area (Å²) < 4.78 is 7.05. The van der Waals surface area contributed by atoms with Crippen LogP contribution in [0.15, 0.2) is 47.6 Å². The molecule has 0 saturated heterocycles. The molecule has 0 spiro atoms. The first-order valence-corrected chi connectivity index (χ1v) is 9.19. The number of hydrogen-bond acceptors (Lipinski definition) is 3. The van der Waals surface area contributed by atoms with Gasteiger partial charge in [-0.05, 0) is 47.5 Å². The summed E-state index contributed by atoms with van der Waals surface area (Å²) in [5.74, 6) is 0. The Morgan fingerprint density at radius 1 is 1.08 bits per heavy atom. The Labute approximate surface area is 154 Å². The molecule has 128 valence electrons. The summed E-state index contributed by atoms with van der Waals surface area (Å²) in [6.07, 6.45) is 8.45. The van der Waals surface area contributed by atoms with Gasteiger partial charge in [-0.1, -0.05) is 6.92 Å². The monoisotopic (exact) mass is 398 g/mol. The lowest BCUT2D eigenvalue weighted by atomic mass is 10.1. The maximum Gasteiger partial charge on any atom is 0.0991 e. The molecule has 0 fully saturated rings. The lowest BCUT2D eigenvalue weighted by Crippen LogP contribution is -2.04. The topological polar surface area (TPSA) is 53.5 Å². The van der Waals surface area contributed by atoms with E-state index in [2.05, 4.69) is 58.1 Å². The molecule has 4 aromatic rings. The van der Waals surface area contributed by atoms with Crippen molar-refractivity contribution in [3.8, 4) is 5.69 Å². The molecule has 3 aromatic heterocycles. The number of rotatable bonds is 5. The van der Waals surface area contributed by atoms with E-state index in [1.54, 1.807) is 6.20 Å². The number of hydrogen-bond donors (Lipinski definition) is 0. The third kappa shape index (κ3) is 2.78. The van der Waals surface area contributed by atoms with Crippen LogP contribution in [0.25, 0.3) is 16.6 Å². The molecule has 6 nitrogen and oxygen atoms in total. The molecule has 3 heterocycles. The van der Waals surface area contributed by atoms with Gasteiger partial charge in [-0.3, -0.25) is 9.36 Å². The molecule has 0 bridgehead atoms. The molecule has 25 heavy (non-hydrogen) atoms. The predicted molar refractivity (Wildman–Crippen MR) is 101 cm³/mol. The van der Waals surface area contributed by atoms with Crippen LogP contribution in [-0.2, 0) is 19.5 Å². The largest absolute Gasteiger partial charge is 0.306 e. The minimum atomic E-state index is 0.648. The third-order valence-electron chi connectivity index (χ3n) is 4.34. The van der Waals surface area contributed by atoms with E-state index in [4.69, 9.17) is 5.10 Å². The lowest BCUT2D eigenvalue weighted by Gasteiger charge is -2.08. The zero-order chi connectivity index (χ0) is 17.4. The van der Waals surface area contributed by atoms with Crippen LogP contribution in [0.5, 0.6) is 0 Å². The average molecular weight is 399 g/mol. The second-order valence-corrected chi connectivity index (χ2v) is 6.74. The van der Waals surface area contributed by atoms with Crippen LogP contribution >= 0.6 is 15.9 Å². The summed E-state index contributed by atoms with van der Waals surface area (Å²) >= 11 is 3.71. The van der Waals surface area contributed by atoms with E-state index in [1.807, 2.05) is 32.7 Å². The standard InChI is InChI=1S/C18H19BrN6/c1-3-15-17-16(23-10-8-20-12-23)6-5-14(19)18(17)25(22-15)11-13-7-9-24(4-2)21-13/h5-10,12H,3-4,11H2,1-2H3. The van der Waals surface area contributed by atoms with Crippen molar-refractivity contribution in [2.24, 2.45) is 0 Å². The molecule has 0 atom stereocenters. The maximum absolute atomic E-state index is 4.87. The third-order valence-corrected chi connectivity index (χ3v) is 4.98. The molecule has 0 aliphatic heterocycles. The van der Waals surface area contributed by atoms with Crippen LogP contribution in [0.2, 0.25) is 0 Å². The van der Waals surface area contributed by atoms with Crippen LogP contribution in [0, 0.1) is 0 Å². The fourth-order valence-electron chi connectivity index (χ4n) is 3.13. The number of nitrogens with zero attached hydrogens (tertiary/aromatic N) is 6. The number of benzene rings is 1. The molecule has 7 heteroatoms. The van der Waals surface area contributed by atoms with E-state index in [-0.39, 0.29) is 0 Å². The van der Waals surface area contributed by atoms with E-state index >= 15 is 0 Å². The second kappa shape index (κ2) is 6.48. The van der Waals surface area contributed by atoms with Crippen molar-refractivity contribution >= 4 is 26.8 Å². The van der Waals surface area contributed by atoms with E-state index < -0.39 is 0 Å². The first kappa shape index (κ1) is 16.1. The fourth-order valence-corrected chi connectivity index (χ4v) is 3.67. The summed E-state index contributed by atoms with van der Waals surface area (Å²) in [5.41, 5.74) is 4.27. The van der Waals surface area contributed by atoms with E-state index in [0.717, 1.165) is 45.4 Å². The zero-order valence-corrected chi connectivity index (χ0v) is 15.8. The van der Waals surface area contributed by atoms with E-state index in [9.17, 15) is 0 Å². The predicted octanol–water partition coefficient (Wildman–Crippen LogP) is 3.81. The van der Waals surface area contributed by atoms with Gasteiger partial charge in [-0.25, -0.2) is 4.98 Å². The summed E-state index contributed by atoms with van der Waals surface area (Å²) in [5, 5.41) is 10.6. The van der Waals surface area contributed by atoms with Crippen molar-refractivity contribution in [1.29, 1.82) is 0 Å². The molecule has 0 aliphatic carbocycles. The molecule has 0 aliphatic rings.